The van der Waals surface area contributed by atoms with E-state index in [0.717, 1.165) is 28.7 Å². The van der Waals surface area contributed by atoms with E-state index in [0.29, 0.717) is 56.8 Å². The monoisotopic (exact) mass is 579 g/mol. The van der Waals surface area contributed by atoms with Crippen molar-refractivity contribution >= 4 is 23.2 Å². The quantitative estimate of drug-likeness (QED) is 0.326. The van der Waals surface area contributed by atoms with E-state index in [4.69, 9.17) is 4.74 Å². The van der Waals surface area contributed by atoms with E-state index in [9.17, 15) is 14.4 Å². The molecule has 2 aliphatic rings. The van der Waals surface area contributed by atoms with Crippen LogP contribution < -0.4 is 10.1 Å². The lowest BCUT2D eigenvalue weighted by Crippen LogP contribution is -2.61. The number of amides is 2. The zero-order valence-corrected chi connectivity index (χ0v) is 25.3. The van der Waals surface area contributed by atoms with E-state index in [1.807, 2.05) is 66.2 Å². The number of ketones is 1. The summed E-state index contributed by atoms with van der Waals surface area (Å²) in [7, 11) is 1.86. The van der Waals surface area contributed by atoms with Crippen molar-refractivity contribution in [2.45, 2.75) is 51.6 Å². The largest absolute Gasteiger partial charge is 0.492 e. The number of benzene rings is 3. The van der Waals surface area contributed by atoms with Crippen LogP contribution in [0.15, 0.2) is 84.4 Å². The number of piperazine rings is 1. The minimum atomic E-state index is -0.211. The second-order valence-corrected chi connectivity index (χ2v) is 11.5. The Bertz CT molecular complexity index is 1480. The topological polar surface area (TPSA) is 79.0 Å². The molecule has 1 N–H and O–H groups in total. The van der Waals surface area contributed by atoms with E-state index < -0.39 is 0 Å². The maximum Gasteiger partial charge on any atom is 0.251 e. The molecule has 43 heavy (non-hydrogen) atoms. The summed E-state index contributed by atoms with van der Waals surface area (Å²) in [5.41, 5.74) is 5.79. The first kappa shape index (κ1) is 30.2. The van der Waals surface area contributed by atoms with Crippen LogP contribution in [0.4, 0.5) is 0 Å². The molecule has 2 bridgehead atoms. The van der Waals surface area contributed by atoms with Gasteiger partial charge in [0, 0.05) is 58.1 Å². The van der Waals surface area contributed by atoms with Crippen molar-refractivity contribution in [2.24, 2.45) is 0 Å². The van der Waals surface area contributed by atoms with Gasteiger partial charge in [0.2, 0.25) is 5.91 Å². The maximum atomic E-state index is 14.0. The van der Waals surface area contributed by atoms with Gasteiger partial charge in [-0.2, -0.15) is 0 Å². The van der Waals surface area contributed by atoms with Crippen LogP contribution >= 0.6 is 0 Å². The molecule has 2 unspecified atom stereocenters. The van der Waals surface area contributed by atoms with E-state index in [2.05, 4.69) is 41.7 Å². The first-order valence-corrected chi connectivity index (χ1v) is 15.2. The van der Waals surface area contributed by atoms with Gasteiger partial charge in [-0.25, -0.2) is 0 Å². The molecule has 1 saturated heterocycles. The fraction of sp³-hybridized carbons (Fsp3) is 0.361. The van der Waals surface area contributed by atoms with Crippen molar-refractivity contribution in [2.75, 3.05) is 33.3 Å². The Morgan fingerprint density at radius 1 is 0.907 bits per heavy atom. The Balaban J connectivity index is 1.33. The molecule has 2 aliphatic heterocycles. The number of Topliss-reactive ketones (excluding diaryl/α,β-unsaturated/α-hetero) is 1. The number of likely N-dealkylation sites (N-methyl/N-ethyl adjacent to an activating group) is 1. The van der Waals surface area contributed by atoms with Gasteiger partial charge in [0.1, 0.15) is 5.75 Å². The third-order valence-electron chi connectivity index (χ3n) is 8.47. The summed E-state index contributed by atoms with van der Waals surface area (Å²) in [5, 5.41) is 3.63. The van der Waals surface area contributed by atoms with Crippen LogP contribution in [0.2, 0.25) is 0 Å². The molecular weight excluding hydrogens is 538 g/mol. The lowest BCUT2D eigenvalue weighted by atomic mass is 9.82. The Morgan fingerprint density at radius 2 is 1.60 bits per heavy atom. The van der Waals surface area contributed by atoms with Crippen molar-refractivity contribution in [3.63, 3.8) is 0 Å². The highest BCUT2D eigenvalue weighted by Gasteiger charge is 2.39. The zero-order valence-electron chi connectivity index (χ0n) is 25.3. The number of para-hydroxylation sites is 1. The third-order valence-corrected chi connectivity index (χ3v) is 8.47. The predicted octanol–water partition coefficient (Wildman–Crippen LogP) is 4.95. The van der Waals surface area contributed by atoms with Crippen molar-refractivity contribution in [1.82, 2.24) is 15.1 Å². The first-order valence-electron chi connectivity index (χ1n) is 15.2. The van der Waals surface area contributed by atoms with Crippen LogP contribution in [0, 0.1) is 0 Å². The lowest BCUT2D eigenvalue weighted by Gasteiger charge is -2.44. The smallest absolute Gasteiger partial charge is 0.251 e. The number of carbonyl (C=O) groups excluding carboxylic acids is 3. The van der Waals surface area contributed by atoms with Crippen molar-refractivity contribution in [3.05, 3.63) is 107 Å². The summed E-state index contributed by atoms with van der Waals surface area (Å²) in [4.78, 5) is 42.2. The molecule has 0 radical (unpaired) electrons. The fourth-order valence-electron chi connectivity index (χ4n) is 6.04. The molecule has 1 fully saturated rings. The number of hydrogen-bond donors (Lipinski definition) is 1. The minimum Gasteiger partial charge on any atom is -0.492 e. The molecule has 0 aliphatic carbocycles. The second-order valence-electron chi connectivity index (χ2n) is 11.5. The van der Waals surface area contributed by atoms with Gasteiger partial charge in [-0.05, 0) is 47.2 Å². The first-order chi connectivity index (χ1) is 20.8. The highest BCUT2D eigenvalue weighted by atomic mass is 16.5. The van der Waals surface area contributed by atoms with Crippen molar-refractivity contribution in [3.8, 4) is 5.75 Å². The van der Waals surface area contributed by atoms with E-state index in [1.165, 1.54) is 5.56 Å². The number of nitrogens with zero attached hydrogens (tertiary/aromatic N) is 2. The van der Waals surface area contributed by atoms with Crippen LogP contribution in [0.5, 0.6) is 5.75 Å². The SMILES string of the molecule is CCC(=O)c1ccccc1OCCc1ccc(C2=C(C(=O)N(C)CCc3ccccc3)C3CN(C(C)=O)CC(C2)N3)cc1. The number of rotatable bonds is 11. The molecule has 5 rings (SSSR count). The van der Waals surface area contributed by atoms with E-state index in [-0.39, 0.29) is 29.7 Å². The Morgan fingerprint density at radius 3 is 2.33 bits per heavy atom. The van der Waals surface area contributed by atoms with Crippen molar-refractivity contribution in [1.29, 1.82) is 0 Å². The molecule has 2 amide bonds. The summed E-state index contributed by atoms with van der Waals surface area (Å²) in [6.45, 7) is 5.64. The average molecular weight is 580 g/mol. The standard InChI is InChI=1S/C36H41N3O4/c1-4-33(41)30-12-8-9-13-34(30)43-21-19-27-14-16-28(17-15-27)31-22-29-23-39(25(2)40)24-32(37-29)35(31)36(42)38(3)20-18-26-10-6-5-7-11-26/h5-17,29,32,37H,4,18-24H2,1-3H3. The summed E-state index contributed by atoms with van der Waals surface area (Å²) in [6.07, 6.45) is 2.59. The number of fused-ring (bicyclic) bond motifs is 2. The average Bonchev–Trinajstić information content (AvgIpc) is 3.03. The minimum absolute atomic E-state index is 0.00468. The predicted molar refractivity (Wildman–Crippen MR) is 169 cm³/mol. The number of carbonyl (C=O) groups is 3. The molecule has 2 heterocycles. The summed E-state index contributed by atoms with van der Waals surface area (Å²) in [6, 6.07) is 25.9. The van der Waals surface area contributed by atoms with Crippen LogP contribution in [-0.2, 0) is 22.4 Å². The van der Waals surface area contributed by atoms with Gasteiger partial charge in [-0.1, -0.05) is 73.7 Å². The van der Waals surface area contributed by atoms with Gasteiger partial charge >= 0.3 is 0 Å². The normalized spacial score (nSPS) is 17.9. The fourth-order valence-corrected chi connectivity index (χ4v) is 6.04. The van der Waals surface area contributed by atoms with Gasteiger partial charge in [0.25, 0.3) is 5.91 Å². The van der Waals surface area contributed by atoms with Gasteiger partial charge in [-0.3, -0.25) is 14.4 Å². The highest BCUT2D eigenvalue weighted by Crippen LogP contribution is 2.34. The number of hydrogen-bond acceptors (Lipinski definition) is 5. The molecule has 3 aromatic rings. The molecule has 3 aromatic carbocycles. The van der Waals surface area contributed by atoms with Gasteiger partial charge in [0.05, 0.1) is 18.2 Å². The number of nitrogens with one attached hydrogen (secondary N) is 1. The lowest BCUT2D eigenvalue weighted by molar-refractivity contribution is -0.132. The molecule has 224 valence electrons. The third kappa shape index (κ3) is 7.23. The molecular formula is C36H41N3O4. The zero-order chi connectivity index (χ0) is 30.3. The Hall–Kier alpha value is -4.23. The highest BCUT2D eigenvalue weighted by molar-refractivity contribution is 6.03. The Labute approximate surface area is 254 Å². The van der Waals surface area contributed by atoms with Crippen LogP contribution in [0.25, 0.3) is 5.57 Å². The molecule has 0 spiro atoms. The molecule has 2 atom stereocenters. The van der Waals surface area contributed by atoms with E-state index in [1.54, 1.807) is 6.92 Å². The molecule has 7 heteroatoms. The van der Waals surface area contributed by atoms with Crippen molar-refractivity contribution < 1.29 is 19.1 Å². The van der Waals surface area contributed by atoms with Crippen LogP contribution in [-0.4, -0.2) is 72.8 Å². The number of ether oxygens (including phenoxy) is 1. The van der Waals surface area contributed by atoms with Gasteiger partial charge in [0.15, 0.2) is 5.78 Å². The summed E-state index contributed by atoms with van der Waals surface area (Å²) >= 11 is 0. The van der Waals surface area contributed by atoms with Crippen LogP contribution in [0.3, 0.4) is 0 Å². The molecule has 7 nitrogen and oxygen atoms in total. The van der Waals surface area contributed by atoms with Gasteiger partial charge in [-0.15, -0.1) is 0 Å². The molecule has 0 aromatic heterocycles. The molecule has 0 saturated carbocycles. The second kappa shape index (κ2) is 13.8. The maximum absolute atomic E-state index is 14.0. The van der Waals surface area contributed by atoms with Gasteiger partial charge < -0.3 is 19.9 Å². The van der Waals surface area contributed by atoms with Crippen LogP contribution in [0.1, 0.15) is 53.7 Å². The Kier molecular flexibility index (Phi) is 9.72. The summed E-state index contributed by atoms with van der Waals surface area (Å²) < 4.78 is 6.00. The van der Waals surface area contributed by atoms with E-state index >= 15 is 0 Å². The summed E-state index contributed by atoms with van der Waals surface area (Å²) in [5.74, 6) is 0.737.